The summed E-state index contributed by atoms with van der Waals surface area (Å²) in [5, 5.41) is 5.25. The van der Waals surface area contributed by atoms with E-state index in [0.29, 0.717) is 5.95 Å². The number of aromatic nitrogens is 4. The number of hydrogen-bond acceptors (Lipinski definition) is 5. The molecule has 0 radical (unpaired) electrons. The van der Waals surface area contributed by atoms with E-state index in [1.807, 2.05) is 29.7 Å². The molecule has 3 rings (SSSR count). The molecule has 0 fully saturated rings. The number of alkyl halides is 2. The fourth-order valence-electron chi connectivity index (χ4n) is 2.52. The standard InChI is InChI=1S/C17H17N5.C3H7F2N/c1-5-14-8-19-16-7-6-13(10-22(14)16)11(2)15-9-20-17(18-4)21-12(15)3;1-6-2-3(4)5/h5-10H,1-2H2,3-4H3,(H,18,20,21);3,6H,2H2,1H3. The third-order valence-corrected chi connectivity index (χ3v) is 3.98. The van der Waals surface area contributed by atoms with Crippen LogP contribution in [0.25, 0.3) is 17.3 Å². The molecule has 0 atom stereocenters. The van der Waals surface area contributed by atoms with Crippen LogP contribution in [-0.4, -0.2) is 46.4 Å². The van der Waals surface area contributed by atoms with Gasteiger partial charge in [-0.05, 0) is 43.3 Å². The van der Waals surface area contributed by atoms with Gasteiger partial charge in [0.05, 0.1) is 24.1 Å². The molecule has 3 heterocycles. The van der Waals surface area contributed by atoms with Crippen LogP contribution in [0.5, 0.6) is 0 Å². The van der Waals surface area contributed by atoms with E-state index in [-0.39, 0.29) is 6.54 Å². The summed E-state index contributed by atoms with van der Waals surface area (Å²) in [6, 6.07) is 3.97. The molecule has 0 aliphatic carbocycles. The molecule has 3 aromatic rings. The van der Waals surface area contributed by atoms with Crippen molar-refractivity contribution in [1.82, 2.24) is 24.7 Å². The Balaban J connectivity index is 0.000000409. The molecule has 0 amide bonds. The lowest BCUT2D eigenvalue weighted by Gasteiger charge is -2.10. The Morgan fingerprint density at radius 3 is 2.54 bits per heavy atom. The van der Waals surface area contributed by atoms with Crippen molar-refractivity contribution in [2.45, 2.75) is 13.3 Å². The highest BCUT2D eigenvalue weighted by Gasteiger charge is 2.10. The van der Waals surface area contributed by atoms with Crippen molar-refractivity contribution in [3.63, 3.8) is 0 Å². The quantitative estimate of drug-likeness (QED) is 0.677. The van der Waals surface area contributed by atoms with Crippen LogP contribution in [0.3, 0.4) is 0 Å². The van der Waals surface area contributed by atoms with Crippen LogP contribution in [0.15, 0.2) is 43.9 Å². The minimum Gasteiger partial charge on any atom is -0.357 e. The molecular weight excluding hydrogens is 362 g/mol. The summed E-state index contributed by atoms with van der Waals surface area (Å²) in [4.78, 5) is 13.0. The molecule has 0 aliphatic heterocycles. The van der Waals surface area contributed by atoms with E-state index in [1.165, 1.54) is 7.05 Å². The molecule has 0 spiro atoms. The van der Waals surface area contributed by atoms with Crippen molar-refractivity contribution >= 4 is 23.2 Å². The monoisotopic (exact) mass is 386 g/mol. The average molecular weight is 386 g/mol. The number of pyridine rings is 1. The number of aryl methyl sites for hydroxylation is 1. The van der Waals surface area contributed by atoms with Crippen LogP contribution in [-0.2, 0) is 0 Å². The lowest BCUT2D eigenvalue weighted by atomic mass is 10.0. The summed E-state index contributed by atoms with van der Waals surface area (Å²) < 4.78 is 23.9. The number of nitrogens with one attached hydrogen (secondary N) is 2. The topological polar surface area (TPSA) is 67.1 Å². The predicted molar refractivity (Wildman–Crippen MR) is 110 cm³/mol. The maximum absolute atomic E-state index is 11.0. The van der Waals surface area contributed by atoms with E-state index < -0.39 is 6.43 Å². The number of fused-ring (bicyclic) bond motifs is 1. The lowest BCUT2D eigenvalue weighted by molar-refractivity contribution is 0.149. The van der Waals surface area contributed by atoms with Crippen LogP contribution < -0.4 is 10.6 Å². The third-order valence-electron chi connectivity index (χ3n) is 3.98. The van der Waals surface area contributed by atoms with E-state index in [9.17, 15) is 8.78 Å². The summed E-state index contributed by atoms with van der Waals surface area (Å²) in [6.07, 6.45) is 5.17. The fraction of sp³-hybridized carbons (Fsp3) is 0.250. The largest absolute Gasteiger partial charge is 0.357 e. The lowest BCUT2D eigenvalue weighted by Crippen LogP contribution is -2.15. The van der Waals surface area contributed by atoms with Gasteiger partial charge in [-0.15, -0.1) is 0 Å². The fourth-order valence-corrected chi connectivity index (χ4v) is 2.52. The highest BCUT2D eigenvalue weighted by Crippen LogP contribution is 2.24. The predicted octanol–water partition coefficient (Wildman–Crippen LogP) is 3.65. The Morgan fingerprint density at radius 1 is 1.25 bits per heavy atom. The number of halogens is 2. The molecule has 0 bridgehead atoms. The summed E-state index contributed by atoms with van der Waals surface area (Å²) in [5.74, 6) is 0.605. The van der Waals surface area contributed by atoms with Crippen LogP contribution in [0.1, 0.15) is 22.5 Å². The highest BCUT2D eigenvalue weighted by atomic mass is 19.3. The van der Waals surface area contributed by atoms with E-state index in [4.69, 9.17) is 0 Å². The number of anilines is 1. The molecular formula is C20H24F2N6. The first-order valence-electron chi connectivity index (χ1n) is 8.64. The summed E-state index contributed by atoms with van der Waals surface area (Å²) in [6.45, 7) is 9.75. The van der Waals surface area contributed by atoms with Gasteiger partial charge in [-0.1, -0.05) is 13.2 Å². The van der Waals surface area contributed by atoms with Gasteiger partial charge in [0.1, 0.15) is 5.65 Å². The van der Waals surface area contributed by atoms with Crippen molar-refractivity contribution in [2.75, 3.05) is 26.0 Å². The third kappa shape index (κ3) is 4.98. The molecule has 8 heteroatoms. The maximum atomic E-state index is 11.0. The van der Waals surface area contributed by atoms with Crippen molar-refractivity contribution in [3.8, 4) is 0 Å². The first kappa shape index (κ1) is 21.2. The minimum atomic E-state index is -2.21. The zero-order chi connectivity index (χ0) is 20.7. The Bertz CT molecular complexity index is 964. The number of nitrogens with zero attached hydrogens (tertiary/aromatic N) is 4. The van der Waals surface area contributed by atoms with Gasteiger partial charge in [0, 0.05) is 25.0 Å². The number of hydrogen-bond donors (Lipinski definition) is 2. The van der Waals surface area contributed by atoms with Gasteiger partial charge in [-0.25, -0.2) is 23.7 Å². The summed E-state index contributed by atoms with van der Waals surface area (Å²) in [7, 11) is 3.29. The molecule has 0 aromatic carbocycles. The van der Waals surface area contributed by atoms with E-state index >= 15 is 0 Å². The van der Waals surface area contributed by atoms with Gasteiger partial charge in [0.2, 0.25) is 5.95 Å². The summed E-state index contributed by atoms with van der Waals surface area (Å²) in [5.41, 5.74) is 5.52. The van der Waals surface area contributed by atoms with Gasteiger partial charge < -0.3 is 10.6 Å². The molecule has 148 valence electrons. The van der Waals surface area contributed by atoms with Crippen molar-refractivity contribution < 1.29 is 8.78 Å². The molecule has 0 unspecified atom stereocenters. The molecule has 0 aliphatic rings. The first-order chi connectivity index (χ1) is 13.4. The minimum absolute atomic E-state index is 0.208. The van der Waals surface area contributed by atoms with E-state index in [1.54, 1.807) is 25.5 Å². The van der Waals surface area contributed by atoms with Gasteiger partial charge in [0.25, 0.3) is 6.43 Å². The second kappa shape index (κ2) is 9.70. The molecule has 3 aromatic heterocycles. The number of rotatable bonds is 6. The van der Waals surface area contributed by atoms with Crippen LogP contribution in [0.2, 0.25) is 0 Å². The molecule has 6 nitrogen and oxygen atoms in total. The zero-order valence-corrected chi connectivity index (χ0v) is 16.2. The Hall–Kier alpha value is -3.13. The van der Waals surface area contributed by atoms with E-state index in [2.05, 4.69) is 38.7 Å². The number of imidazole rings is 1. The van der Waals surface area contributed by atoms with Crippen LogP contribution >= 0.6 is 0 Å². The normalized spacial score (nSPS) is 10.5. The molecule has 28 heavy (non-hydrogen) atoms. The van der Waals surface area contributed by atoms with Crippen molar-refractivity contribution in [3.05, 3.63) is 66.4 Å². The first-order valence-corrected chi connectivity index (χ1v) is 8.64. The average Bonchev–Trinajstić information content (AvgIpc) is 3.10. The van der Waals surface area contributed by atoms with Crippen LogP contribution in [0.4, 0.5) is 14.7 Å². The van der Waals surface area contributed by atoms with Crippen LogP contribution in [0, 0.1) is 6.92 Å². The zero-order valence-electron chi connectivity index (χ0n) is 16.2. The van der Waals surface area contributed by atoms with Gasteiger partial charge in [0.15, 0.2) is 0 Å². The Labute approximate surface area is 163 Å². The molecule has 0 saturated heterocycles. The second-order valence-electron chi connectivity index (χ2n) is 5.90. The van der Waals surface area contributed by atoms with E-state index in [0.717, 1.165) is 33.7 Å². The second-order valence-corrected chi connectivity index (χ2v) is 5.90. The highest BCUT2D eigenvalue weighted by molar-refractivity contribution is 5.79. The molecule has 0 saturated carbocycles. The van der Waals surface area contributed by atoms with Gasteiger partial charge in [-0.3, -0.25) is 4.40 Å². The Morgan fingerprint density at radius 2 is 2.00 bits per heavy atom. The van der Waals surface area contributed by atoms with Gasteiger partial charge in [-0.2, -0.15) is 0 Å². The van der Waals surface area contributed by atoms with Gasteiger partial charge >= 0.3 is 0 Å². The molecule has 2 N–H and O–H groups in total. The Kier molecular flexibility index (Phi) is 7.34. The SMILES string of the molecule is C=Cc1cnc2ccc(C(=C)c3cnc(NC)nc3C)cn12.CNCC(F)F. The summed E-state index contributed by atoms with van der Waals surface area (Å²) >= 11 is 0. The van der Waals surface area contributed by atoms with Crippen molar-refractivity contribution in [2.24, 2.45) is 0 Å². The maximum Gasteiger partial charge on any atom is 0.250 e. The van der Waals surface area contributed by atoms with Crippen molar-refractivity contribution in [1.29, 1.82) is 0 Å². The smallest absolute Gasteiger partial charge is 0.250 e.